The zero-order valence-electron chi connectivity index (χ0n) is 19.4. The molecule has 0 radical (unpaired) electrons. The molecule has 0 spiro atoms. The number of benzene rings is 3. The molecule has 3 nitrogen and oxygen atoms in total. The van der Waals surface area contributed by atoms with Crippen LogP contribution in [0.5, 0.6) is 11.5 Å². The van der Waals surface area contributed by atoms with Crippen LogP contribution in [0, 0.1) is 5.82 Å². The molecule has 0 bridgehead atoms. The van der Waals surface area contributed by atoms with Crippen LogP contribution in [0.15, 0.2) is 60.7 Å². The van der Waals surface area contributed by atoms with Crippen LogP contribution in [-0.4, -0.2) is 42.4 Å². The number of halogens is 3. The Kier molecular flexibility index (Phi) is 7.07. The highest BCUT2D eigenvalue weighted by Crippen LogP contribution is 2.43. The van der Waals surface area contributed by atoms with Gasteiger partial charge in [-0.15, -0.1) is 0 Å². The van der Waals surface area contributed by atoms with E-state index in [1.54, 1.807) is 18.2 Å². The van der Waals surface area contributed by atoms with Crippen LogP contribution >= 0.6 is 11.6 Å². The van der Waals surface area contributed by atoms with Crippen LogP contribution < -0.4 is 4.74 Å². The van der Waals surface area contributed by atoms with Gasteiger partial charge in [-0.3, -0.25) is 9.29 Å². The third-order valence-corrected chi connectivity index (χ3v) is 7.16. The zero-order valence-corrected chi connectivity index (χ0v) is 20.2. The van der Waals surface area contributed by atoms with Crippen molar-refractivity contribution in [3.05, 3.63) is 93.8 Å². The van der Waals surface area contributed by atoms with Crippen molar-refractivity contribution >= 4 is 22.7 Å². The molecule has 35 heavy (non-hydrogen) atoms. The van der Waals surface area contributed by atoms with E-state index in [0.717, 1.165) is 78.0 Å². The van der Waals surface area contributed by atoms with Gasteiger partial charge in [0.05, 0.1) is 11.7 Å². The first-order valence-corrected chi connectivity index (χ1v) is 12.5. The molecule has 6 heteroatoms. The maximum absolute atomic E-state index is 13.8. The average molecular weight is 496 g/mol. The number of ether oxygens (including phenoxy) is 1. The van der Waals surface area contributed by atoms with E-state index in [-0.39, 0.29) is 24.3 Å². The fourth-order valence-corrected chi connectivity index (χ4v) is 5.45. The quantitative estimate of drug-likeness (QED) is 0.387. The lowest BCUT2D eigenvalue weighted by molar-refractivity contribution is 0.198. The summed E-state index contributed by atoms with van der Waals surface area (Å²) in [6, 6.07) is 17.9. The molecule has 5 rings (SSSR count). The number of phenolic OH excluding ortho intramolecular Hbond substituents is 1. The van der Waals surface area contributed by atoms with Crippen LogP contribution in [0.1, 0.15) is 41.5 Å². The van der Waals surface area contributed by atoms with E-state index in [2.05, 4.69) is 4.90 Å². The first-order valence-electron chi connectivity index (χ1n) is 12.1. The number of aromatic hydroxyl groups is 1. The van der Waals surface area contributed by atoms with Crippen LogP contribution in [0.3, 0.4) is 0 Å². The number of hydrogen-bond acceptors (Lipinski definition) is 3. The van der Waals surface area contributed by atoms with Crippen molar-refractivity contribution in [3.63, 3.8) is 0 Å². The topological polar surface area (TPSA) is 32.7 Å². The highest BCUT2D eigenvalue weighted by atomic mass is 35.5. The minimum atomic E-state index is -0.369. The first-order chi connectivity index (χ1) is 17.0. The molecular formula is C29H28ClF2NO2. The number of alkyl halides is 1. The minimum absolute atomic E-state index is 0.0978. The number of allylic oxidation sites excluding steroid dienone is 1. The molecule has 3 aromatic carbocycles. The lowest BCUT2D eigenvalue weighted by Gasteiger charge is -2.25. The van der Waals surface area contributed by atoms with Gasteiger partial charge in [-0.05, 0) is 95.5 Å². The summed E-state index contributed by atoms with van der Waals surface area (Å²) in [5.74, 6) is 0.623. The van der Waals surface area contributed by atoms with Crippen molar-refractivity contribution < 1.29 is 18.6 Å². The predicted molar refractivity (Wildman–Crippen MR) is 136 cm³/mol. The number of likely N-dealkylation sites (tertiary alicyclic amines) is 1. The number of nitrogens with zero attached hydrogens (tertiary/aromatic N) is 1. The van der Waals surface area contributed by atoms with Crippen LogP contribution in [-0.2, 0) is 6.42 Å². The largest absolute Gasteiger partial charge is 0.508 e. The lowest BCUT2D eigenvalue weighted by Crippen LogP contribution is -2.26. The van der Waals surface area contributed by atoms with E-state index in [4.69, 9.17) is 16.3 Å². The van der Waals surface area contributed by atoms with E-state index in [1.165, 1.54) is 12.1 Å². The Bertz CT molecular complexity index is 1240. The van der Waals surface area contributed by atoms with Crippen molar-refractivity contribution in [1.82, 2.24) is 4.90 Å². The Labute approximate surface area is 209 Å². The van der Waals surface area contributed by atoms with Crippen molar-refractivity contribution in [2.24, 2.45) is 0 Å². The second-order valence-corrected chi connectivity index (χ2v) is 9.62. The fourth-order valence-electron chi connectivity index (χ4n) is 5.17. The number of fused-ring (bicyclic) bond motifs is 1. The monoisotopic (exact) mass is 495 g/mol. The van der Waals surface area contributed by atoms with Crippen LogP contribution in [0.25, 0.3) is 11.1 Å². The summed E-state index contributed by atoms with van der Waals surface area (Å²) in [4.78, 5) is 2.24. The van der Waals surface area contributed by atoms with E-state index >= 15 is 0 Å². The molecular weight excluding hydrogens is 468 g/mol. The molecule has 0 saturated carbocycles. The highest BCUT2D eigenvalue weighted by Gasteiger charge is 2.25. The van der Waals surface area contributed by atoms with Gasteiger partial charge >= 0.3 is 0 Å². The molecule has 1 aliphatic carbocycles. The predicted octanol–water partition coefficient (Wildman–Crippen LogP) is 6.90. The summed E-state index contributed by atoms with van der Waals surface area (Å²) in [7, 11) is 0. The minimum Gasteiger partial charge on any atom is -0.508 e. The summed E-state index contributed by atoms with van der Waals surface area (Å²) < 4.78 is 32.4. The van der Waals surface area contributed by atoms with Gasteiger partial charge in [0, 0.05) is 19.6 Å². The average Bonchev–Trinajstić information content (AvgIpc) is 3.30. The van der Waals surface area contributed by atoms with E-state index < -0.39 is 0 Å². The molecule has 0 aromatic heterocycles. The Hall–Kier alpha value is -2.89. The van der Waals surface area contributed by atoms with Gasteiger partial charge in [0.1, 0.15) is 23.4 Å². The van der Waals surface area contributed by atoms with Gasteiger partial charge in [0.15, 0.2) is 0 Å². The van der Waals surface area contributed by atoms with E-state index in [1.807, 2.05) is 30.3 Å². The maximum atomic E-state index is 13.8. The van der Waals surface area contributed by atoms with Gasteiger partial charge in [-0.2, -0.15) is 0 Å². The molecule has 0 amide bonds. The molecule has 1 aliphatic heterocycles. The Morgan fingerprint density at radius 1 is 1.00 bits per heavy atom. The van der Waals surface area contributed by atoms with Gasteiger partial charge < -0.3 is 9.84 Å². The SMILES string of the molecule is Oc1ccc2c(c1)C(c1ccc(O[C@H]3CCN(CCCF)C3)cc1)=C(c1ccc(F)cc1Cl)CC2. The number of aryl methyl sites for hydroxylation is 1. The molecule has 2 aliphatic rings. The van der Waals surface area contributed by atoms with Crippen molar-refractivity contribution in [3.8, 4) is 11.5 Å². The summed E-state index contributed by atoms with van der Waals surface area (Å²) >= 11 is 6.47. The molecule has 3 aromatic rings. The Morgan fingerprint density at radius 2 is 1.83 bits per heavy atom. The number of rotatable bonds is 7. The molecule has 1 fully saturated rings. The zero-order chi connectivity index (χ0) is 24.4. The summed E-state index contributed by atoms with van der Waals surface area (Å²) in [5.41, 5.74) is 5.91. The van der Waals surface area contributed by atoms with Gasteiger partial charge in [-0.1, -0.05) is 35.9 Å². The Balaban J connectivity index is 1.47. The third kappa shape index (κ3) is 5.21. The van der Waals surface area contributed by atoms with Crippen molar-refractivity contribution in [1.29, 1.82) is 0 Å². The molecule has 1 N–H and O–H groups in total. The molecule has 0 unspecified atom stereocenters. The second-order valence-electron chi connectivity index (χ2n) is 9.22. The van der Waals surface area contributed by atoms with Gasteiger partial charge in [0.25, 0.3) is 0 Å². The van der Waals surface area contributed by atoms with Gasteiger partial charge in [0.2, 0.25) is 0 Å². The van der Waals surface area contributed by atoms with Crippen LogP contribution in [0.2, 0.25) is 5.02 Å². The summed E-state index contributed by atoms with van der Waals surface area (Å²) in [6.07, 6.45) is 3.16. The van der Waals surface area contributed by atoms with E-state index in [9.17, 15) is 13.9 Å². The third-order valence-electron chi connectivity index (χ3n) is 6.85. The fraction of sp³-hybridized carbons (Fsp3) is 0.310. The molecule has 182 valence electrons. The smallest absolute Gasteiger partial charge is 0.124 e. The number of phenols is 1. The van der Waals surface area contributed by atoms with Crippen molar-refractivity contribution in [2.75, 3.05) is 26.3 Å². The normalized spacial score (nSPS) is 18.1. The Morgan fingerprint density at radius 3 is 2.60 bits per heavy atom. The molecule has 1 atom stereocenters. The summed E-state index contributed by atoms with van der Waals surface area (Å²) in [5, 5.41) is 10.6. The number of hydrogen-bond donors (Lipinski definition) is 1. The standard InChI is InChI=1S/C29H28ClF2NO2/c30-28-16-21(32)6-11-25(28)26-10-5-19-2-7-22(34)17-27(19)29(26)20-3-8-23(9-4-20)35-24-12-15-33(18-24)14-1-13-31/h2-4,6-9,11,16-17,24,34H,1,5,10,12-15,18H2/t24-/m0/s1. The maximum Gasteiger partial charge on any atom is 0.124 e. The van der Waals surface area contributed by atoms with Crippen molar-refractivity contribution in [2.45, 2.75) is 31.8 Å². The summed E-state index contributed by atoms with van der Waals surface area (Å²) in [6.45, 7) is 2.22. The molecule has 1 saturated heterocycles. The van der Waals surface area contributed by atoms with Crippen LogP contribution in [0.4, 0.5) is 8.78 Å². The lowest BCUT2D eigenvalue weighted by atomic mass is 9.79. The first kappa shape index (κ1) is 23.8. The second kappa shape index (κ2) is 10.4. The molecule has 1 heterocycles. The highest BCUT2D eigenvalue weighted by molar-refractivity contribution is 6.32. The van der Waals surface area contributed by atoms with Gasteiger partial charge in [-0.25, -0.2) is 4.39 Å². The van der Waals surface area contributed by atoms with E-state index in [0.29, 0.717) is 11.4 Å².